The molecule has 86 valence electrons. The highest BCUT2D eigenvalue weighted by Gasteiger charge is 2.12. The third kappa shape index (κ3) is 2.11. The van der Waals surface area contributed by atoms with Gasteiger partial charge in [0.05, 0.1) is 16.1 Å². The molecule has 2 heterocycles. The molecule has 0 aromatic carbocycles. The fourth-order valence-corrected chi connectivity index (χ4v) is 2.16. The molecule has 16 heavy (non-hydrogen) atoms. The van der Waals surface area contributed by atoms with E-state index in [1.54, 1.807) is 6.20 Å². The van der Waals surface area contributed by atoms with Gasteiger partial charge in [0.25, 0.3) is 0 Å². The smallest absolute Gasteiger partial charge is 0.249 e. The first-order chi connectivity index (χ1) is 7.58. The SMILES string of the molecule is CC(C)c1ncc(-c2cnn(C(F)F)c2)s1. The number of nitrogens with zero attached hydrogens (tertiary/aromatic N) is 3. The van der Waals surface area contributed by atoms with Crippen LogP contribution in [0.3, 0.4) is 0 Å². The number of rotatable bonds is 3. The van der Waals surface area contributed by atoms with Crippen LogP contribution in [-0.2, 0) is 0 Å². The second-order valence-corrected chi connectivity index (χ2v) is 4.77. The van der Waals surface area contributed by atoms with Gasteiger partial charge in [0, 0.05) is 23.9 Å². The maximum atomic E-state index is 12.3. The Balaban J connectivity index is 2.28. The van der Waals surface area contributed by atoms with Crippen molar-refractivity contribution in [3.8, 4) is 10.4 Å². The average Bonchev–Trinajstić information content (AvgIpc) is 2.86. The highest BCUT2D eigenvalue weighted by atomic mass is 32.1. The molecule has 2 aromatic rings. The van der Waals surface area contributed by atoms with Crippen molar-refractivity contribution in [3.05, 3.63) is 23.6 Å². The minimum atomic E-state index is -2.59. The highest BCUT2D eigenvalue weighted by Crippen LogP contribution is 2.29. The lowest BCUT2D eigenvalue weighted by Crippen LogP contribution is -1.96. The molecule has 0 spiro atoms. The normalized spacial score (nSPS) is 11.6. The molecule has 2 rings (SSSR count). The zero-order valence-electron chi connectivity index (χ0n) is 8.89. The molecule has 0 aliphatic carbocycles. The lowest BCUT2D eigenvalue weighted by atomic mass is 10.2. The maximum Gasteiger partial charge on any atom is 0.333 e. The van der Waals surface area contributed by atoms with E-state index in [0.717, 1.165) is 9.88 Å². The fourth-order valence-electron chi connectivity index (χ4n) is 1.26. The Hall–Kier alpha value is -1.30. The molecule has 0 aliphatic rings. The summed E-state index contributed by atoms with van der Waals surface area (Å²) in [7, 11) is 0. The van der Waals surface area contributed by atoms with E-state index in [1.165, 1.54) is 23.7 Å². The van der Waals surface area contributed by atoms with Crippen LogP contribution in [0.2, 0.25) is 0 Å². The fraction of sp³-hybridized carbons (Fsp3) is 0.400. The van der Waals surface area contributed by atoms with Crippen LogP contribution in [0.25, 0.3) is 10.4 Å². The Morgan fingerprint density at radius 1 is 1.31 bits per heavy atom. The van der Waals surface area contributed by atoms with Gasteiger partial charge in [-0.05, 0) is 0 Å². The van der Waals surface area contributed by atoms with Crippen LogP contribution in [0.5, 0.6) is 0 Å². The predicted octanol–water partition coefficient (Wildman–Crippen LogP) is 3.53. The first-order valence-electron chi connectivity index (χ1n) is 4.86. The van der Waals surface area contributed by atoms with Gasteiger partial charge >= 0.3 is 6.55 Å². The minimum absolute atomic E-state index is 0.351. The molecule has 2 aromatic heterocycles. The van der Waals surface area contributed by atoms with Crippen LogP contribution in [0.1, 0.15) is 31.3 Å². The van der Waals surface area contributed by atoms with Crippen LogP contribution in [-0.4, -0.2) is 14.8 Å². The van der Waals surface area contributed by atoms with Gasteiger partial charge in [-0.15, -0.1) is 11.3 Å². The summed E-state index contributed by atoms with van der Waals surface area (Å²) in [5, 5.41) is 4.59. The van der Waals surface area contributed by atoms with Crippen molar-refractivity contribution in [3.63, 3.8) is 0 Å². The molecule has 0 saturated carbocycles. The second-order valence-electron chi connectivity index (χ2n) is 3.70. The van der Waals surface area contributed by atoms with Crippen LogP contribution in [0.4, 0.5) is 8.78 Å². The van der Waals surface area contributed by atoms with E-state index < -0.39 is 6.55 Å². The molecule has 0 atom stereocenters. The Morgan fingerprint density at radius 3 is 2.56 bits per heavy atom. The molecule has 0 radical (unpaired) electrons. The van der Waals surface area contributed by atoms with Crippen molar-refractivity contribution in [2.45, 2.75) is 26.3 Å². The van der Waals surface area contributed by atoms with Crippen LogP contribution in [0, 0.1) is 0 Å². The van der Waals surface area contributed by atoms with Gasteiger partial charge in [-0.25, -0.2) is 9.67 Å². The number of thiazole rings is 1. The number of hydrogen-bond donors (Lipinski definition) is 0. The summed E-state index contributed by atoms with van der Waals surface area (Å²) in [6.07, 6.45) is 4.47. The molecule has 0 N–H and O–H groups in total. The van der Waals surface area contributed by atoms with E-state index in [1.807, 2.05) is 13.8 Å². The number of hydrogen-bond acceptors (Lipinski definition) is 3. The Kier molecular flexibility index (Phi) is 3.00. The minimum Gasteiger partial charge on any atom is -0.249 e. The summed E-state index contributed by atoms with van der Waals surface area (Å²) >= 11 is 1.51. The zero-order chi connectivity index (χ0) is 11.7. The first kappa shape index (κ1) is 11.2. The third-order valence-electron chi connectivity index (χ3n) is 2.10. The summed E-state index contributed by atoms with van der Waals surface area (Å²) in [6, 6.07) is 0. The third-order valence-corrected chi connectivity index (χ3v) is 3.45. The zero-order valence-corrected chi connectivity index (χ0v) is 9.71. The van der Waals surface area contributed by atoms with Gasteiger partial charge in [0.15, 0.2) is 0 Å². The summed E-state index contributed by atoms with van der Waals surface area (Å²) in [6.45, 7) is 1.50. The molecular weight excluding hydrogens is 232 g/mol. The summed E-state index contributed by atoms with van der Waals surface area (Å²) < 4.78 is 25.3. The first-order valence-corrected chi connectivity index (χ1v) is 5.68. The van der Waals surface area contributed by atoms with Crippen molar-refractivity contribution in [2.75, 3.05) is 0 Å². The van der Waals surface area contributed by atoms with Crippen LogP contribution < -0.4 is 0 Å². The van der Waals surface area contributed by atoms with Crippen molar-refractivity contribution in [1.29, 1.82) is 0 Å². The van der Waals surface area contributed by atoms with Gasteiger partial charge in [0.2, 0.25) is 0 Å². The van der Waals surface area contributed by atoms with E-state index >= 15 is 0 Å². The Bertz CT molecular complexity index is 432. The largest absolute Gasteiger partial charge is 0.333 e. The van der Waals surface area contributed by atoms with E-state index in [0.29, 0.717) is 16.2 Å². The topological polar surface area (TPSA) is 30.7 Å². The standard InChI is InChI=1S/C10H11F2N3S/c1-6(2)9-13-4-8(16-9)7-3-14-15(5-7)10(11)12/h3-6,10H,1-2H3. The quantitative estimate of drug-likeness (QED) is 0.825. The van der Waals surface area contributed by atoms with Gasteiger partial charge in [-0.1, -0.05) is 13.8 Å². The van der Waals surface area contributed by atoms with Gasteiger partial charge in [-0.3, -0.25) is 0 Å². The average molecular weight is 243 g/mol. The molecule has 6 heteroatoms. The molecule has 0 bridgehead atoms. The van der Waals surface area contributed by atoms with Gasteiger partial charge < -0.3 is 0 Å². The number of alkyl halides is 2. The second kappa shape index (κ2) is 4.29. The maximum absolute atomic E-state index is 12.3. The molecular formula is C10H11F2N3S. The van der Waals surface area contributed by atoms with Crippen molar-refractivity contribution in [2.24, 2.45) is 0 Å². The van der Waals surface area contributed by atoms with Crippen LogP contribution >= 0.6 is 11.3 Å². The van der Waals surface area contributed by atoms with Crippen molar-refractivity contribution >= 4 is 11.3 Å². The number of halogens is 2. The Morgan fingerprint density at radius 2 is 2.06 bits per heavy atom. The van der Waals surface area contributed by atoms with Gasteiger partial charge in [0.1, 0.15) is 0 Å². The van der Waals surface area contributed by atoms with E-state index in [9.17, 15) is 8.78 Å². The summed E-state index contributed by atoms with van der Waals surface area (Å²) in [5.41, 5.74) is 0.685. The molecule has 3 nitrogen and oxygen atoms in total. The lowest BCUT2D eigenvalue weighted by molar-refractivity contribution is 0.0566. The van der Waals surface area contributed by atoms with E-state index in [-0.39, 0.29) is 0 Å². The van der Waals surface area contributed by atoms with Gasteiger partial charge in [-0.2, -0.15) is 13.9 Å². The molecule has 0 amide bonds. The highest BCUT2D eigenvalue weighted by molar-refractivity contribution is 7.15. The van der Waals surface area contributed by atoms with Crippen molar-refractivity contribution < 1.29 is 8.78 Å². The van der Waals surface area contributed by atoms with Crippen molar-refractivity contribution in [1.82, 2.24) is 14.8 Å². The summed E-state index contributed by atoms with van der Waals surface area (Å²) in [5.74, 6) is 0.351. The molecule has 0 unspecified atom stereocenters. The lowest BCUT2D eigenvalue weighted by Gasteiger charge is -1.96. The van der Waals surface area contributed by atoms with Crippen LogP contribution in [0.15, 0.2) is 18.6 Å². The molecule has 0 fully saturated rings. The predicted molar refractivity (Wildman–Crippen MR) is 58.7 cm³/mol. The monoisotopic (exact) mass is 243 g/mol. The number of aromatic nitrogens is 3. The molecule has 0 aliphatic heterocycles. The van der Waals surface area contributed by atoms with E-state index in [2.05, 4.69) is 10.1 Å². The molecule has 0 saturated heterocycles. The summed E-state index contributed by atoms with van der Waals surface area (Å²) in [4.78, 5) is 5.11. The Labute approximate surface area is 95.7 Å². The van der Waals surface area contributed by atoms with E-state index in [4.69, 9.17) is 0 Å².